The first-order valence-corrected chi connectivity index (χ1v) is 13.8. The van der Waals surface area contributed by atoms with Crippen LogP contribution in [0, 0.1) is 5.92 Å². The lowest BCUT2D eigenvalue weighted by molar-refractivity contribution is 0.0306. The maximum absolute atomic E-state index is 12.5. The number of aryl methyl sites for hydroxylation is 1. The maximum atomic E-state index is 12.5. The number of piperidine rings is 3. The Labute approximate surface area is 200 Å². The summed E-state index contributed by atoms with van der Waals surface area (Å²) in [6.45, 7) is 2.45. The van der Waals surface area contributed by atoms with Crippen LogP contribution >= 0.6 is 11.3 Å². The second-order valence-corrected chi connectivity index (χ2v) is 12.3. The number of anilines is 1. The molecule has 3 aromatic rings. The quantitative estimate of drug-likeness (QED) is 0.556. The van der Waals surface area contributed by atoms with Gasteiger partial charge in [-0.25, -0.2) is 13.1 Å². The highest BCUT2D eigenvalue weighted by Crippen LogP contribution is 2.42. The Balaban J connectivity index is 1.28. The third-order valence-electron chi connectivity index (χ3n) is 7.12. The fraction of sp³-hybridized carbons (Fsp3) is 0.458. The van der Waals surface area contributed by atoms with Gasteiger partial charge >= 0.3 is 0 Å². The van der Waals surface area contributed by atoms with Crippen molar-refractivity contribution in [2.24, 2.45) is 13.0 Å². The van der Waals surface area contributed by atoms with E-state index in [1.54, 1.807) is 17.5 Å². The largest absolute Gasteiger partial charge is 0.378 e. The summed E-state index contributed by atoms with van der Waals surface area (Å²) < 4.78 is 30.3. The number of aromatic nitrogens is 2. The lowest BCUT2D eigenvalue weighted by Crippen LogP contribution is -2.56. The highest BCUT2D eigenvalue weighted by atomic mass is 32.2. The number of nitrogens with zero attached hydrogens (tertiary/aromatic N) is 4. The number of hydrogen-bond donors (Lipinski definition) is 1. The summed E-state index contributed by atoms with van der Waals surface area (Å²) in [4.78, 5) is 4.55. The topological polar surface area (TPSA) is 70.5 Å². The van der Waals surface area contributed by atoms with Gasteiger partial charge in [-0.05, 0) is 54.9 Å². The van der Waals surface area contributed by atoms with Crippen LogP contribution in [0.5, 0.6) is 0 Å². The SMILES string of the molecule is CN(C)c1ccc(-c2cc(C3CN4CCC3CC4CNS(=O)(=O)c3cccs3)n(C)n2)cc1. The van der Waals surface area contributed by atoms with Crippen molar-refractivity contribution in [2.75, 3.05) is 38.6 Å². The predicted molar refractivity (Wildman–Crippen MR) is 133 cm³/mol. The zero-order chi connectivity index (χ0) is 23.2. The molecule has 6 rings (SSSR count). The van der Waals surface area contributed by atoms with E-state index in [9.17, 15) is 8.42 Å². The number of nitrogens with one attached hydrogen (secondary N) is 1. The van der Waals surface area contributed by atoms with E-state index in [2.05, 4.69) is 44.9 Å². The summed E-state index contributed by atoms with van der Waals surface area (Å²) in [5.41, 5.74) is 4.58. The third-order valence-corrected chi connectivity index (χ3v) is 9.94. The summed E-state index contributed by atoms with van der Waals surface area (Å²) in [5, 5.41) is 6.62. The molecule has 0 spiro atoms. The molecule has 2 aromatic heterocycles. The van der Waals surface area contributed by atoms with Crippen molar-refractivity contribution in [3.8, 4) is 11.3 Å². The molecule has 3 aliphatic rings. The van der Waals surface area contributed by atoms with Gasteiger partial charge in [0, 0.05) is 63.1 Å². The van der Waals surface area contributed by atoms with E-state index >= 15 is 0 Å². The van der Waals surface area contributed by atoms with Crippen molar-refractivity contribution >= 4 is 27.0 Å². The third kappa shape index (κ3) is 4.47. The Morgan fingerprint density at radius 3 is 2.64 bits per heavy atom. The van der Waals surface area contributed by atoms with E-state index in [0.717, 1.165) is 37.2 Å². The normalized spacial score (nSPS) is 24.8. The van der Waals surface area contributed by atoms with Crippen LogP contribution in [-0.2, 0) is 17.1 Å². The Kier molecular flexibility index (Phi) is 6.07. The lowest BCUT2D eigenvalue weighted by Gasteiger charge is -2.49. The summed E-state index contributed by atoms with van der Waals surface area (Å²) in [7, 11) is 2.71. The Morgan fingerprint density at radius 2 is 2.00 bits per heavy atom. The van der Waals surface area contributed by atoms with Crippen LogP contribution in [0.15, 0.2) is 52.1 Å². The van der Waals surface area contributed by atoms with Crippen molar-refractivity contribution in [3.05, 3.63) is 53.5 Å². The molecule has 3 saturated heterocycles. The molecule has 0 radical (unpaired) electrons. The van der Waals surface area contributed by atoms with E-state index in [1.807, 2.05) is 25.8 Å². The molecule has 1 aromatic carbocycles. The van der Waals surface area contributed by atoms with Gasteiger partial charge in [0.2, 0.25) is 10.0 Å². The van der Waals surface area contributed by atoms with Crippen molar-refractivity contribution in [3.63, 3.8) is 0 Å². The highest BCUT2D eigenvalue weighted by molar-refractivity contribution is 7.91. The predicted octanol–water partition coefficient (Wildman–Crippen LogP) is 3.37. The average molecular weight is 486 g/mol. The molecule has 0 aliphatic carbocycles. The highest BCUT2D eigenvalue weighted by Gasteiger charge is 2.42. The number of benzene rings is 1. The van der Waals surface area contributed by atoms with Crippen LogP contribution in [0.4, 0.5) is 5.69 Å². The zero-order valence-corrected chi connectivity index (χ0v) is 20.9. The van der Waals surface area contributed by atoms with E-state index in [0.29, 0.717) is 22.6 Å². The zero-order valence-electron chi connectivity index (χ0n) is 19.3. The van der Waals surface area contributed by atoms with Crippen LogP contribution < -0.4 is 9.62 Å². The molecule has 1 N–H and O–H groups in total. The van der Waals surface area contributed by atoms with Gasteiger partial charge in [0.15, 0.2) is 0 Å². The number of fused-ring (bicyclic) bond motifs is 3. The van der Waals surface area contributed by atoms with Gasteiger partial charge in [0.25, 0.3) is 0 Å². The minimum atomic E-state index is -3.42. The first-order valence-electron chi connectivity index (χ1n) is 11.4. The lowest BCUT2D eigenvalue weighted by atomic mass is 9.74. The van der Waals surface area contributed by atoms with Crippen LogP contribution in [0.1, 0.15) is 24.5 Å². The van der Waals surface area contributed by atoms with Gasteiger partial charge in [-0.2, -0.15) is 5.10 Å². The summed E-state index contributed by atoms with van der Waals surface area (Å²) >= 11 is 1.26. The molecule has 33 heavy (non-hydrogen) atoms. The monoisotopic (exact) mass is 485 g/mol. The Morgan fingerprint density at radius 1 is 1.21 bits per heavy atom. The van der Waals surface area contributed by atoms with Gasteiger partial charge in [0.05, 0.1) is 5.69 Å². The first-order chi connectivity index (χ1) is 15.8. The standard InChI is InChI=1S/C24H31N5O2S2/c1-27(2)19-8-6-17(7-9-19)22-14-23(28(3)26-22)21-16-29-11-10-18(21)13-20(29)15-25-33(30,31)24-5-4-12-32-24/h4-9,12,14,18,20-21,25H,10-11,13,15-16H2,1-3H3. The molecule has 3 aliphatic heterocycles. The van der Waals surface area contributed by atoms with Crippen LogP contribution in [0.25, 0.3) is 11.3 Å². The molecular formula is C24H31N5O2S2. The summed E-state index contributed by atoms with van der Waals surface area (Å²) in [6, 6.07) is 14.4. The molecule has 0 amide bonds. The van der Waals surface area contributed by atoms with E-state index in [-0.39, 0.29) is 6.04 Å². The van der Waals surface area contributed by atoms with Crippen LogP contribution in [0.2, 0.25) is 0 Å². The van der Waals surface area contributed by atoms with Crippen molar-refractivity contribution in [1.29, 1.82) is 0 Å². The molecule has 7 nitrogen and oxygen atoms in total. The van der Waals surface area contributed by atoms with Crippen LogP contribution in [-0.4, -0.2) is 62.9 Å². The van der Waals surface area contributed by atoms with Crippen molar-refractivity contribution in [1.82, 2.24) is 19.4 Å². The minimum absolute atomic E-state index is 0.251. The second kappa shape index (κ2) is 8.87. The van der Waals surface area contributed by atoms with Gasteiger partial charge < -0.3 is 4.90 Å². The molecule has 176 valence electrons. The van der Waals surface area contributed by atoms with E-state index < -0.39 is 10.0 Å². The van der Waals surface area contributed by atoms with Crippen LogP contribution in [0.3, 0.4) is 0 Å². The number of thiophene rings is 1. The smallest absolute Gasteiger partial charge is 0.250 e. The molecule has 9 heteroatoms. The molecule has 3 fully saturated rings. The molecule has 5 heterocycles. The molecule has 0 saturated carbocycles. The van der Waals surface area contributed by atoms with E-state index in [1.165, 1.54) is 22.7 Å². The fourth-order valence-corrected chi connectivity index (χ4v) is 7.39. The number of hydrogen-bond acceptors (Lipinski definition) is 6. The fourth-order valence-electron chi connectivity index (χ4n) is 5.28. The molecular weight excluding hydrogens is 454 g/mol. The summed E-state index contributed by atoms with van der Waals surface area (Å²) in [5.74, 6) is 0.974. The van der Waals surface area contributed by atoms with Crippen molar-refractivity contribution < 1.29 is 8.42 Å². The first kappa shape index (κ1) is 22.6. The van der Waals surface area contributed by atoms with Crippen molar-refractivity contribution in [2.45, 2.75) is 29.0 Å². The average Bonchev–Trinajstić information content (AvgIpc) is 3.49. The number of sulfonamides is 1. The second-order valence-electron chi connectivity index (χ2n) is 9.34. The summed E-state index contributed by atoms with van der Waals surface area (Å²) in [6.07, 6.45) is 2.16. The van der Waals surface area contributed by atoms with E-state index in [4.69, 9.17) is 5.10 Å². The molecule has 4 unspecified atom stereocenters. The molecule has 2 bridgehead atoms. The number of rotatable bonds is 7. The Hall–Kier alpha value is -2.20. The van der Waals surface area contributed by atoms with Gasteiger partial charge in [-0.1, -0.05) is 18.2 Å². The van der Waals surface area contributed by atoms with Gasteiger partial charge in [0.1, 0.15) is 4.21 Å². The molecule has 4 atom stereocenters. The van der Waals surface area contributed by atoms with Gasteiger partial charge in [-0.15, -0.1) is 11.3 Å². The Bertz CT molecular complexity index is 1200. The maximum Gasteiger partial charge on any atom is 0.250 e. The minimum Gasteiger partial charge on any atom is -0.378 e. The van der Waals surface area contributed by atoms with Gasteiger partial charge in [-0.3, -0.25) is 9.58 Å².